The zero-order chi connectivity index (χ0) is 18.8. The van der Waals surface area contributed by atoms with Gasteiger partial charge in [0.05, 0.1) is 5.69 Å². The molecule has 2 saturated heterocycles. The van der Waals surface area contributed by atoms with E-state index >= 15 is 0 Å². The van der Waals surface area contributed by atoms with E-state index in [1.54, 1.807) is 0 Å². The molecule has 0 saturated carbocycles. The van der Waals surface area contributed by atoms with Gasteiger partial charge in [0.25, 0.3) is 0 Å². The van der Waals surface area contributed by atoms with Gasteiger partial charge in [-0.1, -0.05) is 17.7 Å². The second-order valence-corrected chi connectivity index (χ2v) is 8.16. The summed E-state index contributed by atoms with van der Waals surface area (Å²) < 4.78 is 5.90. The van der Waals surface area contributed by atoms with Crippen LogP contribution in [0.3, 0.4) is 0 Å². The molecule has 2 aromatic rings. The van der Waals surface area contributed by atoms with Crippen LogP contribution in [0.1, 0.15) is 37.1 Å². The Bertz CT molecular complexity index is 820. The zero-order valence-corrected chi connectivity index (χ0v) is 16.5. The molecule has 0 radical (unpaired) electrons. The molecule has 0 bridgehead atoms. The van der Waals surface area contributed by atoms with E-state index in [0.717, 1.165) is 62.6 Å². The molecule has 1 aromatic carbocycles. The van der Waals surface area contributed by atoms with E-state index in [9.17, 15) is 4.79 Å². The molecule has 2 aliphatic heterocycles. The maximum atomic E-state index is 11.9. The van der Waals surface area contributed by atoms with Crippen LogP contribution in [-0.2, 0) is 11.3 Å². The fourth-order valence-electron chi connectivity index (χ4n) is 4.18. The van der Waals surface area contributed by atoms with Gasteiger partial charge >= 0.3 is 0 Å². The number of amides is 1. The van der Waals surface area contributed by atoms with Crippen molar-refractivity contribution in [2.45, 2.75) is 39.2 Å². The van der Waals surface area contributed by atoms with Gasteiger partial charge in [0.15, 0.2) is 0 Å². The molecule has 2 aliphatic rings. The number of hydrogen-bond donors (Lipinski definition) is 0. The molecule has 1 atom stereocenters. The summed E-state index contributed by atoms with van der Waals surface area (Å²) in [6.07, 6.45) is 4.11. The summed E-state index contributed by atoms with van der Waals surface area (Å²) in [4.78, 5) is 21.1. The number of oxazole rings is 1. The highest BCUT2D eigenvalue weighted by Crippen LogP contribution is 2.26. The van der Waals surface area contributed by atoms with Gasteiger partial charge < -0.3 is 9.32 Å². The van der Waals surface area contributed by atoms with Gasteiger partial charge in [0.1, 0.15) is 5.76 Å². The molecule has 3 heterocycles. The van der Waals surface area contributed by atoms with Crippen molar-refractivity contribution < 1.29 is 9.21 Å². The first kappa shape index (κ1) is 18.5. The average molecular weight is 388 g/mol. The maximum Gasteiger partial charge on any atom is 0.226 e. The Kier molecular flexibility index (Phi) is 5.50. The van der Waals surface area contributed by atoms with Crippen LogP contribution < -0.4 is 0 Å². The molecule has 1 amide bonds. The fourth-order valence-corrected chi connectivity index (χ4v) is 4.37. The van der Waals surface area contributed by atoms with Gasteiger partial charge in [-0.05, 0) is 56.8 Å². The number of hydrogen-bond acceptors (Lipinski definition) is 4. The van der Waals surface area contributed by atoms with Crippen LogP contribution in [0, 0.1) is 12.8 Å². The Morgan fingerprint density at radius 2 is 2.19 bits per heavy atom. The van der Waals surface area contributed by atoms with Crippen molar-refractivity contribution in [1.82, 2.24) is 14.8 Å². The Hall–Kier alpha value is -1.85. The third-order valence-electron chi connectivity index (χ3n) is 5.59. The number of carbonyl (C=O) groups is 1. The van der Waals surface area contributed by atoms with Gasteiger partial charge in [-0.3, -0.25) is 9.69 Å². The number of aromatic nitrogens is 1. The minimum absolute atomic E-state index is 0.325. The molecule has 27 heavy (non-hydrogen) atoms. The second-order valence-electron chi connectivity index (χ2n) is 7.72. The van der Waals surface area contributed by atoms with Gasteiger partial charge in [0.2, 0.25) is 11.8 Å². The maximum absolute atomic E-state index is 11.9. The summed E-state index contributed by atoms with van der Waals surface area (Å²) in [5.74, 6) is 2.37. The molecular weight excluding hydrogens is 362 g/mol. The minimum Gasteiger partial charge on any atom is -0.441 e. The molecule has 0 spiro atoms. The largest absolute Gasteiger partial charge is 0.441 e. The van der Waals surface area contributed by atoms with Gasteiger partial charge in [-0.25, -0.2) is 4.98 Å². The molecule has 0 unspecified atom stereocenters. The SMILES string of the molecule is Cc1oc(-c2cccc(Cl)c2)nc1CN1CCC[C@H](CN2CCCC2=O)C1. The molecule has 6 heteroatoms. The first-order valence-electron chi connectivity index (χ1n) is 9.81. The lowest BCUT2D eigenvalue weighted by atomic mass is 9.97. The number of nitrogens with zero attached hydrogens (tertiary/aromatic N) is 3. The monoisotopic (exact) mass is 387 g/mol. The van der Waals surface area contributed by atoms with Crippen molar-refractivity contribution in [3.8, 4) is 11.5 Å². The minimum atomic E-state index is 0.325. The van der Waals surface area contributed by atoms with E-state index in [0.29, 0.717) is 22.7 Å². The highest BCUT2D eigenvalue weighted by Gasteiger charge is 2.27. The number of aryl methyl sites for hydroxylation is 1. The third-order valence-corrected chi connectivity index (χ3v) is 5.83. The average Bonchev–Trinajstić information content (AvgIpc) is 3.21. The van der Waals surface area contributed by atoms with E-state index in [4.69, 9.17) is 21.0 Å². The standard InChI is InChI=1S/C21H26ClN3O2/c1-15-19(23-21(27-15)17-6-2-7-18(22)11-17)14-24-9-3-5-16(12-24)13-25-10-4-8-20(25)26/h2,6-7,11,16H,3-5,8-10,12-14H2,1H3/t16-/m0/s1. The van der Waals surface area contributed by atoms with Crippen molar-refractivity contribution in [2.75, 3.05) is 26.2 Å². The molecule has 4 rings (SSSR count). The fraction of sp³-hybridized carbons (Fsp3) is 0.524. The summed E-state index contributed by atoms with van der Waals surface area (Å²) >= 11 is 6.09. The van der Waals surface area contributed by atoms with Crippen molar-refractivity contribution in [2.24, 2.45) is 5.92 Å². The molecule has 5 nitrogen and oxygen atoms in total. The topological polar surface area (TPSA) is 49.6 Å². The lowest BCUT2D eigenvalue weighted by molar-refractivity contribution is -0.128. The van der Waals surface area contributed by atoms with E-state index in [2.05, 4.69) is 4.90 Å². The van der Waals surface area contributed by atoms with Crippen LogP contribution in [0.25, 0.3) is 11.5 Å². The highest BCUT2D eigenvalue weighted by molar-refractivity contribution is 6.30. The second kappa shape index (κ2) is 8.03. The normalized spacial score (nSPS) is 21.2. The molecule has 2 fully saturated rings. The quantitative estimate of drug-likeness (QED) is 0.773. The van der Waals surface area contributed by atoms with Crippen molar-refractivity contribution in [1.29, 1.82) is 0 Å². The van der Waals surface area contributed by atoms with Crippen LogP contribution in [0.15, 0.2) is 28.7 Å². The van der Waals surface area contributed by atoms with Crippen molar-refractivity contribution in [3.63, 3.8) is 0 Å². The zero-order valence-electron chi connectivity index (χ0n) is 15.8. The molecule has 0 aliphatic carbocycles. The van der Waals surface area contributed by atoms with Crippen LogP contribution >= 0.6 is 11.6 Å². The summed E-state index contributed by atoms with van der Waals surface area (Å²) in [5, 5.41) is 0.681. The van der Waals surface area contributed by atoms with E-state index < -0.39 is 0 Å². The smallest absolute Gasteiger partial charge is 0.226 e. The summed E-state index contributed by atoms with van der Waals surface area (Å²) in [5.41, 5.74) is 1.89. The number of likely N-dealkylation sites (tertiary alicyclic amines) is 2. The number of carbonyl (C=O) groups excluding carboxylic acids is 1. The van der Waals surface area contributed by atoms with Crippen LogP contribution in [-0.4, -0.2) is 46.9 Å². The first-order valence-corrected chi connectivity index (χ1v) is 10.2. The Balaban J connectivity index is 1.40. The predicted octanol–water partition coefficient (Wildman–Crippen LogP) is 4.14. The summed E-state index contributed by atoms with van der Waals surface area (Å²) in [6.45, 7) is 6.69. The van der Waals surface area contributed by atoms with Gasteiger partial charge in [-0.2, -0.15) is 0 Å². The third kappa shape index (κ3) is 4.36. The number of benzene rings is 1. The molecule has 0 N–H and O–H groups in total. The number of rotatable bonds is 5. The number of halogens is 1. The van der Waals surface area contributed by atoms with Crippen LogP contribution in [0.4, 0.5) is 0 Å². The first-order chi connectivity index (χ1) is 13.1. The van der Waals surface area contributed by atoms with E-state index in [-0.39, 0.29) is 0 Å². The molecule has 1 aromatic heterocycles. The lowest BCUT2D eigenvalue weighted by Crippen LogP contribution is -2.41. The van der Waals surface area contributed by atoms with Crippen molar-refractivity contribution in [3.05, 3.63) is 40.7 Å². The Morgan fingerprint density at radius 1 is 1.30 bits per heavy atom. The highest BCUT2D eigenvalue weighted by atomic mass is 35.5. The number of piperidine rings is 1. The van der Waals surface area contributed by atoms with Gasteiger partial charge in [0, 0.05) is 43.2 Å². The lowest BCUT2D eigenvalue weighted by Gasteiger charge is -2.34. The van der Waals surface area contributed by atoms with E-state index in [1.807, 2.05) is 36.1 Å². The van der Waals surface area contributed by atoms with Crippen LogP contribution in [0.5, 0.6) is 0 Å². The Labute approximate surface area is 165 Å². The van der Waals surface area contributed by atoms with E-state index in [1.165, 1.54) is 12.8 Å². The molecular formula is C21H26ClN3O2. The Morgan fingerprint density at radius 3 is 2.96 bits per heavy atom. The van der Waals surface area contributed by atoms with Crippen LogP contribution in [0.2, 0.25) is 5.02 Å². The summed E-state index contributed by atoms with van der Waals surface area (Å²) in [6, 6.07) is 7.60. The van der Waals surface area contributed by atoms with Gasteiger partial charge in [-0.15, -0.1) is 0 Å². The van der Waals surface area contributed by atoms with Crippen molar-refractivity contribution >= 4 is 17.5 Å². The molecule has 144 valence electrons. The summed E-state index contributed by atoms with van der Waals surface area (Å²) in [7, 11) is 0. The predicted molar refractivity (Wildman–Crippen MR) is 106 cm³/mol.